The topological polar surface area (TPSA) is 45.3 Å². The first-order valence-electron chi connectivity index (χ1n) is 7.75. The van der Waals surface area contributed by atoms with Crippen LogP contribution in [0, 0.1) is 0 Å². The Labute approximate surface area is 129 Å². The van der Waals surface area contributed by atoms with Crippen LogP contribution in [0.4, 0.5) is 0 Å². The van der Waals surface area contributed by atoms with E-state index < -0.39 is 0 Å². The third-order valence-corrected chi connectivity index (χ3v) is 4.92. The van der Waals surface area contributed by atoms with E-state index in [4.69, 9.17) is 4.74 Å². The van der Waals surface area contributed by atoms with Crippen LogP contribution in [0.1, 0.15) is 24.0 Å². The van der Waals surface area contributed by atoms with E-state index in [9.17, 15) is 4.79 Å². The van der Waals surface area contributed by atoms with E-state index in [2.05, 4.69) is 47.4 Å². The molecule has 2 heterocycles. The number of likely N-dealkylation sites (N-methyl/N-ethyl adjacent to an activating group) is 1. The molecule has 1 aromatic carbocycles. The Morgan fingerprint density at radius 2 is 2.32 bits per heavy atom. The number of fused-ring (bicyclic) bond motifs is 2. The van der Waals surface area contributed by atoms with Gasteiger partial charge in [-0.25, -0.2) is 0 Å². The van der Waals surface area contributed by atoms with Crippen LogP contribution in [0.2, 0.25) is 0 Å². The predicted molar refractivity (Wildman–Crippen MR) is 85.9 cm³/mol. The summed E-state index contributed by atoms with van der Waals surface area (Å²) in [6, 6.07) is 6.97. The van der Waals surface area contributed by atoms with Gasteiger partial charge in [0.1, 0.15) is 6.61 Å². The van der Waals surface area contributed by atoms with Gasteiger partial charge in [-0.05, 0) is 36.2 Å². The summed E-state index contributed by atoms with van der Waals surface area (Å²) in [5, 5.41) is 1.38. The van der Waals surface area contributed by atoms with Gasteiger partial charge in [0.25, 0.3) is 0 Å². The molecule has 0 radical (unpaired) electrons. The first-order valence-corrected chi connectivity index (χ1v) is 7.75. The summed E-state index contributed by atoms with van der Waals surface area (Å²) in [4.78, 5) is 16.8. The van der Waals surface area contributed by atoms with Crippen molar-refractivity contribution < 1.29 is 9.53 Å². The molecule has 2 aromatic rings. The van der Waals surface area contributed by atoms with Crippen LogP contribution in [-0.4, -0.2) is 42.1 Å². The molecule has 4 rings (SSSR count). The van der Waals surface area contributed by atoms with E-state index in [0.29, 0.717) is 18.6 Å². The number of aromatic nitrogens is 1. The Hall–Kier alpha value is -2.07. The fourth-order valence-corrected chi connectivity index (χ4v) is 3.95. The van der Waals surface area contributed by atoms with Gasteiger partial charge in [0.15, 0.2) is 0 Å². The maximum absolute atomic E-state index is 11.1. The fourth-order valence-electron chi connectivity index (χ4n) is 3.95. The second-order valence-electron chi connectivity index (χ2n) is 6.40. The zero-order chi connectivity index (χ0) is 15.3. The van der Waals surface area contributed by atoms with Crippen molar-refractivity contribution in [2.24, 2.45) is 0 Å². The lowest BCUT2D eigenvalue weighted by atomic mass is 9.77. The lowest BCUT2D eigenvalue weighted by Gasteiger charge is -2.41. The molecule has 0 saturated carbocycles. The predicted octanol–water partition coefficient (Wildman–Crippen LogP) is 2.61. The van der Waals surface area contributed by atoms with Crippen molar-refractivity contribution in [3.05, 3.63) is 47.2 Å². The van der Waals surface area contributed by atoms with E-state index in [1.807, 2.05) is 0 Å². The number of aromatic amines is 1. The zero-order valence-electron chi connectivity index (χ0n) is 12.9. The highest BCUT2D eigenvalue weighted by Crippen LogP contribution is 2.41. The SMILES string of the molecule is CC(=O)OCC1=CC2c3cccc4[nH]cc(c34)CC2N(C)C1. The molecule has 0 saturated heterocycles. The van der Waals surface area contributed by atoms with Crippen LogP contribution in [0.3, 0.4) is 0 Å². The van der Waals surface area contributed by atoms with Gasteiger partial charge in [-0.15, -0.1) is 0 Å². The molecule has 0 spiro atoms. The zero-order valence-corrected chi connectivity index (χ0v) is 12.9. The molecule has 1 aliphatic heterocycles. The second-order valence-corrected chi connectivity index (χ2v) is 6.40. The van der Waals surface area contributed by atoms with Crippen LogP contribution < -0.4 is 0 Å². The van der Waals surface area contributed by atoms with Crippen LogP contribution in [0.5, 0.6) is 0 Å². The molecule has 0 amide bonds. The van der Waals surface area contributed by atoms with E-state index in [1.54, 1.807) is 0 Å². The number of nitrogens with one attached hydrogen (secondary N) is 1. The van der Waals surface area contributed by atoms with Gasteiger partial charge in [-0.2, -0.15) is 0 Å². The van der Waals surface area contributed by atoms with E-state index in [-0.39, 0.29) is 5.97 Å². The molecule has 0 bridgehead atoms. The quantitative estimate of drug-likeness (QED) is 0.684. The highest BCUT2D eigenvalue weighted by molar-refractivity contribution is 5.88. The van der Waals surface area contributed by atoms with Gasteiger partial charge in [0.05, 0.1) is 0 Å². The van der Waals surface area contributed by atoms with E-state index >= 15 is 0 Å². The Morgan fingerprint density at radius 3 is 3.14 bits per heavy atom. The molecule has 1 aromatic heterocycles. The Balaban J connectivity index is 1.76. The average molecular weight is 296 g/mol. The summed E-state index contributed by atoms with van der Waals surface area (Å²) in [7, 11) is 2.16. The van der Waals surface area contributed by atoms with Crippen molar-refractivity contribution in [3.63, 3.8) is 0 Å². The first kappa shape index (κ1) is 13.6. The summed E-state index contributed by atoms with van der Waals surface area (Å²) in [5.41, 5.74) is 5.21. The monoisotopic (exact) mass is 296 g/mol. The average Bonchev–Trinajstić information content (AvgIpc) is 2.91. The van der Waals surface area contributed by atoms with E-state index in [1.165, 1.54) is 34.5 Å². The maximum Gasteiger partial charge on any atom is 0.302 e. The normalized spacial score (nSPS) is 24.0. The number of ether oxygens (including phenoxy) is 1. The van der Waals surface area contributed by atoms with Gasteiger partial charge in [-0.3, -0.25) is 9.69 Å². The third-order valence-electron chi connectivity index (χ3n) is 4.92. The number of benzene rings is 1. The van der Waals surface area contributed by atoms with Crippen molar-refractivity contribution in [2.45, 2.75) is 25.3 Å². The summed E-state index contributed by atoms with van der Waals surface area (Å²) in [6.45, 7) is 2.73. The number of hydrogen-bond acceptors (Lipinski definition) is 3. The molecule has 2 unspecified atom stereocenters. The van der Waals surface area contributed by atoms with Gasteiger partial charge >= 0.3 is 5.97 Å². The minimum Gasteiger partial charge on any atom is -0.461 e. The highest BCUT2D eigenvalue weighted by atomic mass is 16.5. The fraction of sp³-hybridized carbons (Fsp3) is 0.389. The minimum atomic E-state index is -0.218. The number of H-pyrrole nitrogens is 1. The Bertz CT molecular complexity index is 774. The van der Waals surface area contributed by atoms with Gasteiger partial charge in [-0.1, -0.05) is 18.2 Å². The molecule has 114 valence electrons. The molecule has 4 heteroatoms. The van der Waals surface area contributed by atoms with Crippen molar-refractivity contribution in [1.82, 2.24) is 9.88 Å². The first-order chi connectivity index (χ1) is 10.6. The van der Waals surface area contributed by atoms with Gasteiger partial charge in [0.2, 0.25) is 0 Å². The molecule has 2 aliphatic rings. The molecule has 1 aliphatic carbocycles. The van der Waals surface area contributed by atoms with E-state index in [0.717, 1.165) is 13.0 Å². The summed E-state index contributed by atoms with van der Waals surface area (Å²) >= 11 is 0. The van der Waals surface area contributed by atoms with Crippen LogP contribution in [-0.2, 0) is 16.0 Å². The molecule has 1 N–H and O–H groups in total. The van der Waals surface area contributed by atoms with Crippen molar-refractivity contribution in [2.75, 3.05) is 20.2 Å². The van der Waals surface area contributed by atoms with Gasteiger partial charge in [0, 0.05) is 42.5 Å². The second kappa shape index (κ2) is 4.99. The van der Waals surface area contributed by atoms with Crippen LogP contribution in [0.25, 0.3) is 10.9 Å². The number of esters is 1. The van der Waals surface area contributed by atoms with Crippen LogP contribution >= 0.6 is 0 Å². The Morgan fingerprint density at radius 1 is 1.45 bits per heavy atom. The number of carbonyl (C=O) groups excluding carboxylic acids is 1. The van der Waals surface area contributed by atoms with Crippen LogP contribution in [0.15, 0.2) is 36.0 Å². The standard InChI is InChI=1S/C18H20N2O2/c1-11(21)22-10-12-6-15-14-4-3-5-16-18(14)13(8-19-16)7-17(15)20(2)9-12/h3-6,8,15,17,19H,7,9-10H2,1-2H3. The number of hydrogen-bond donors (Lipinski definition) is 1. The number of carbonyl (C=O) groups is 1. The lowest BCUT2D eigenvalue weighted by molar-refractivity contribution is -0.140. The maximum atomic E-state index is 11.1. The molecular weight excluding hydrogens is 276 g/mol. The molecule has 0 fully saturated rings. The Kier molecular flexibility index (Phi) is 3.08. The molecule has 4 nitrogen and oxygen atoms in total. The van der Waals surface area contributed by atoms with Crippen molar-refractivity contribution >= 4 is 16.9 Å². The summed E-state index contributed by atoms with van der Waals surface area (Å²) < 4.78 is 5.20. The minimum absolute atomic E-state index is 0.218. The third kappa shape index (κ3) is 2.06. The largest absolute Gasteiger partial charge is 0.461 e. The molecule has 2 atom stereocenters. The van der Waals surface area contributed by atoms with Crippen molar-refractivity contribution in [3.8, 4) is 0 Å². The lowest BCUT2D eigenvalue weighted by Crippen LogP contribution is -2.44. The molecule has 22 heavy (non-hydrogen) atoms. The number of rotatable bonds is 2. The van der Waals surface area contributed by atoms with Crippen molar-refractivity contribution in [1.29, 1.82) is 0 Å². The summed E-state index contributed by atoms with van der Waals surface area (Å²) in [6.07, 6.45) is 5.53. The summed E-state index contributed by atoms with van der Waals surface area (Å²) in [5.74, 6) is 0.153. The molecular formula is C18H20N2O2. The number of nitrogens with zero attached hydrogens (tertiary/aromatic N) is 1. The smallest absolute Gasteiger partial charge is 0.302 e. The van der Waals surface area contributed by atoms with Gasteiger partial charge < -0.3 is 9.72 Å². The highest BCUT2D eigenvalue weighted by Gasteiger charge is 2.35.